The van der Waals surface area contributed by atoms with E-state index >= 15 is 0 Å². The number of hydrogen-bond acceptors (Lipinski definition) is 4. The number of nitrogens with one attached hydrogen (secondary N) is 1. The molecule has 0 aliphatic carbocycles. The van der Waals surface area contributed by atoms with Gasteiger partial charge in [0.05, 0.1) is 19.3 Å². The average molecular weight is 337 g/mol. The Morgan fingerprint density at radius 2 is 2.09 bits per heavy atom. The molecule has 6 nitrogen and oxygen atoms in total. The molecule has 0 saturated carbocycles. The fourth-order valence-corrected chi connectivity index (χ4v) is 2.96. The summed E-state index contributed by atoms with van der Waals surface area (Å²) in [5.41, 5.74) is 1.25. The maximum Gasteiger partial charge on any atom is 0.511 e. The van der Waals surface area contributed by atoms with Gasteiger partial charge in [-0.3, -0.25) is 0 Å². The maximum atomic E-state index is 12.2. The van der Waals surface area contributed by atoms with Gasteiger partial charge in [-0.2, -0.15) is 18.2 Å². The fraction of sp³-hybridized carbons (Fsp3) is 0.417. The molecule has 0 radical (unpaired) electrons. The van der Waals surface area contributed by atoms with Crippen LogP contribution in [0.4, 0.5) is 13.2 Å². The number of rotatable bonds is 6. The molecule has 10 heteroatoms. The summed E-state index contributed by atoms with van der Waals surface area (Å²) in [4.78, 5) is 4.20. The molecule has 1 atom stereocenters. The van der Waals surface area contributed by atoms with E-state index in [2.05, 4.69) is 4.99 Å². The molecule has 0 spiro atoms. The summed E-state index contributed by atoms with van der Waals surface area (Å²) in [6.45, 7) is 0.315. The van der Waals surface area contributed by atoms with Crippen molar-refractivity contribution in [2.45, 2.75) is 11.9 Å². The minimum atomic E-state index is -5.30. The van der Waals surface area contributed by atoms with Crippen LogP contribution in [0.5, 0.6) is 0 Å². The van der Waals surface area contributed by atoms with E-state index in [0.29, 0.717) is 12.4 Å². The van der Waals surface area contributed by atoms with Crippen molar-refractivity contribution < 1.29 is 26.1 Å². The highest BCUT2D eigenvalue weighted by Gasteiger charge is 2.45. The first-order chi connectivity index (χ1) is 10.2. The summed E-state index contributed by atoms with van der Waals surface area (Å²) in [5, 5.41) is 0. The number of hydrogen-bond donors (Lipinski definition) is 2. The third-order valence-corrected chi connectivity index (χ3v) is 4.67. The van der Waals surface area contributed by atoms with Crippen molar-refractivity contribution in [1.29, 1.82) is 0 Å². The summed E-state index contributed by atoms with van der Waals surface area (Å²) in [6, 6.07) is 0. The van der Waals surface area contributed by atoms with E-state index in [1.807, 2.05) is 6.08 Å². The van der Waals surface area contributed by atoms with Crippen LogP contribution < -0.4 is 10.5 Å². The predicted molar refractivity (Wildman–Crippen MR) is 75.6 cm³/mol. The second-order valence-corrected chi connectivity index (χ2v) is 6.55. The molecule has 2 rings (SSSR count). The normalized spacial score (nSPS) is 24.2. The lowest BCUT2D eigenvalue weighted by molar-refractivity contribution is -0.744. The number of allylic oxidation sites excluding steroid dienone is 2. The van der Waals surface area contributed by atoms with Crippen LogP contribution in [0.3, 0.4) is 0 Å². The van der Waals surface area contributed by atoms with Crippen molar-refractivity contribution in [3.8, 4) is 0 Å². The zero-order chi connectivity index (χ0) is 16.4. The van der Waals surface area contributed by atoms with Crippen molar-refractivity contribution in [1.82, 2.24) is 4.72 Å². The molecule has 0 aromatic carbocycles. The number of sulfonamides is 1. The number of halogens is 3. The monoisotopic (exact) mass is 337 g/mol. The molecule has 0 aromatic heterocycles. The van der Waals surface area contributed by atoms with E-state index in [0.717, 1.165) is 5.70 Å². The summed E-state index contributed by atoms with van der Waals surface area (Å²) >= 11 is 0. The molecule has 0 amide bonds. The van der Waals surface area contributed by atoms with Gasteiger partial charge in [-0.1, -0.05) is 0 Å². The first-order valence-corrected chi connectivity index (χ1v) is 7.99. The van der Waals surface area contributed by atoms with E-state index in [9.17, 15) is 21.6 Å². The first kappa shape index (κ1) is 16.9. The molecule has 2 aliphatic heterocycles. The smallest absolute Gasteiger partial charge is 0.322 e. The highest BCUT2D eigenvalue weighted by Crippen LogP contribution is 2.28. The van der Waals surface area contributed by atoms with Crippen LogP contribution in [-0.4, -0.2) is 43.9 Å². The summed E-state index contributed by atoms with van der Waals surface area (Å²) in [7, 11) is -5.30. The third kappa shape index (κ3) is 3.00. The number of nitrogens with two attached hydrogens (primary N) is 1. The van der Waals surface area contributed by atoms with E-state index in [1.54, 1.807) is 29.3 Å². The number of alkyl halides is 3. The van der Waals surface area contributed by atoms with E-state index < -0.39 is 15.5 Å². The van der Waals surface area contributed by atoms with Gasteiger partial charge in [0.1, 0.15) is 11.9 Å². The molecule has 2 aliphatic rings. The highest BCUT2D eigenvalue weighted by atomic mass is 32.2. The third-order valence-electron chi connectivity index (χ3n) is 3.48. The summed E-state index contributed by atoms with van der Waals surface area (Å²) < 4.78 is 60.3. The molecule has 22 heavy (non-hydrogen) atoms. The number of fused-ring (bicyclic) bond motifs is 1. The molecule has 0 aromatic rings. The standard InChI is InChI=1S/C12H16F3N4O2S/c13-12(14,15)22(20,21)18-5-2-7-19-8-6-17-11(19)4-1-3-10(19)9-16/h1,3-4,6,8,18H,2,5,7,9,16H2/q+1. The van der Waals surface area contributed by atoms with Gasteiger partial charge in [0.25, 0.3) is 0 Å². The van der Waals surface area contributed by atoms with Gasteiger partial charge in [-0.25, -0.2) is 17.6 Å². The molecule has 1 unspecified atom stereocenters. The molecule has 0 bridgehead atoms. The zero-order valence-corrected chi connectivity index (χ0v) is 12.4. The Labute approximate surface area is 126 Å². The highest BCUT2D eigenvalue weighted by molar-refractivity contribution is 7.90. The van der Waals surface area contributed by atoms with Crippen LogP contribution in [0.1, 0.15) is 6.42 Å². The Balaban J connectivity index is 2.00. The Kier molecular flexibility index (Phi) is 4.57. The summed E-state index contributed by atoms with van der Waals surface area (Å²) in [6.07, 6.45) is 9.01. The van der Waals surface area contributed by atoms with E-state index in [4.69, 9.17) is 5.73 Å². The van der Waals surface area contributed by atoms with Crippen molar-refractivity contribution in [3.05, 3.63) is 36.3 Å². The molecular formula is C12H16F3N4O2S+. The lowest BCUT2D eigenvalue weighted by Gasteiger charge is -2.34. The fourth-order valence-electron chi connectivity index (χ4n) is 2.38. The Morgan fingerprint density at radius 1 is 1.36 bits per heavy atom. The van der Waals surface area contributed by atoms with Crippen molar-refractivity contribution >= 4 is 15.9 Å². The summed E-state index contributed by atoms with van der Waals surface area (Å²) in [5.74, 6) is 0.710. The van der Waals surface area contributed by atoms with Crippen LogP contribution >= 0.6 is 0 Å². The van der Waals surface area contributed by atoms with Gasteiger partial charge >= 0.3 is 15.5 Å². The molecule has 122 valence electrons. The number of amidine groups is 1. The van der Waals surface area contributed by atoms with Gasteiger partial charge in [-0.15, -0.1) is 0 Å². The molecule has 0 fully saturated rings. The van der Waals surface area contributed by atoms with Gasteiger partial charge in [0, 0.05) is 19.0 Å². The van der Waals surface area contributed by atoms with Gasteiger partial charge in [0.15, 0.2) is 0 Å². The average Bonchev–Trinajstić information content (AvgIpc) is 2.86. The maximum absolute atomic E-state index is 12.2. The van der Waals surface area contributed by atoms with Crippen LogP contribution in [-0.2, 0) is 10.0 Å². The van der Waals surface area contributed by atoms with Gasteiger partial charge < -0.3 is 5.73 Å². The second kappa shape index (κ2) is 5.95. The molecule has 0 saturated heterocycles. The SMILES string of the molecule is NCC1=CC=CC2=NC=C[N+]12CCCNS(=O)(=O)C(F)(F)F. The lowest BCUT2D eigenvalue weighted by atomic mass is 10.1. The van der Waals surface area contributed by atoms with Gasteiger partial charge in [0.2, 0.25) is 5.84 Å². The predicted octanol–water partition coefficient (Wildman–Crippen LogP) is 0.928. The number of aliphatic imine (C=N–C) groups is 1. The molecule has 3 N–H and O–H groups in total. The zero-order valence-electron chi connectivity index (χ0n) is 11.5. The van der Waals surface area contributed by atoms with Crippen molar-refractivity contribution in [2.24, 2.45) is 10.7 Å². The molecular weight excluding hydrogens is 321 g/mol. The Hall–Kier alpha value is -1.49. The molecule has 2 heterocycles. The minimum absolute atomic E-state index is 0.198. The second-order valence-electron chi connectivity index (χ2n) is 4.80. The van der Waals surface area contributed by atoms with Crippen molar-refractivity contribution in [2.75, 3.05) is 19.6 Å². The topological polar surface area (TPSA) is 84.5 Å². The quantitative estimate of drug-likeness (QED) is 0.558. The van der Waals surface area contributed by atoms with Crippen molar-refractivity contribution in [3.63, 3.8) is 0 Å². The van der Waals surface area contributed by atoms with Crippen LogP contribution in [0.15, 0.2) is 41.3 Å². The lowest BCUT2D eigenvalue weighted by Crippen LogP contribution is -2.49. The van der Waals surface area contributed by atoms with E-state index in [1.165, 1.54) is 0 Å². The van der Waals surface area contributed by atoms with Crippen LogP contribution in [0, 0.1) is 0 Å². The van der Waals surface area contributed by atoms with Crippen LogP contribution in [0.2, 0.25) is 0 Å². The first-order valence-electron chi connectivity index (χ1n) is 6.50. The van der Waals surface area contributed by atoms with Gasteiger partial charge in [-0.05, 0) is 12.2 Å². The largest absolute Gasteiger partial charge is 0.511 e. The Morgan fingerprint density at radius 3 is 2.73 bits per heavy atom. The number of quaternary nitrogens is 1. The van der Waals surface area contributed by atoms with Crippen LogP contribution in [0.25, 0.3) is 0 Å². The Bertz CT molecular complexity index is 664. The number of nitrogens with zero attached hydrogens (tertiary/aromatic N) is 2. The van der Waals surface area contributed by atoms with E-state index in [-0.39, 0.29) is 24.0 Å². The minimum Gasteiger partial charge on any atom is -0.322 e.